The summed E-state index contributed by atoms with van der Waals surface area (Å²) < 4.78 is 31.4. The van der Waals surface area contributed by atoms with Gasteiger partial charge in [0.2, 0.25) is 5.92 Å². The zero-order chi connectivity index (χ0) is 20.0. The molecule has 0 aromatic heterocycles. The second-order valence-electron chi connectivity index (χ2n) is 8.21. The standard InChI is InChI=1S/C16H19F2NO.C6H13NO/c17-16(18)6-4-13(5-7-16)19-15-9-14(15)12-3-1-2-11(8-12)10-20;1-7-6-2-4-8-5-3-6/h1-3,8,10,13-15,19H,4-7,9H2;6-7H,2-5H2,1H3. The van der Waals surface area contributed by atoms with Crippen LogP contribution in [0, 0.1) is 0 Å². The molecule has 1 aromatic rings. The van der Waals surface area contributed by atoms with Crippen molar-refractivity contribution in [2.45, 2.75) is 74.9 Å². The molecule has 6 heteroatoms. The van der Waals surface area contributed by atoms with Gasteiger partial charge in [0.15, 0.2) is 0 Å². The molecular weight excluding hydrogens is 362 g/mol. The van der Waals surface area contributed by atoms with Gasteiger partial charge in [0.1, 0.15) is 6.29 Å². The SMILES string of the molecule is CNC1CCOCC1.O=Cc1cccc(C2CC2NC2CCC(F)(F)CC2)c1. The van der Waals surface area contributed by atoms with Crippen LogP contribution in [0.25, 0.3) is 0 Å². The Morgan fingerprint density at radius 3 is 2.43 bits per heavy atom. The van der Waals surface area contributed by atoms with Crippen molar-refractivity contribution < 1.29 is 18.3 Å². The lowest BCUT2D eigenvalue weighted by Crippen LogP contribution is -2.38. The Kier molecular flexibility index (Phi) is 7.55. The second-order valence-corrected chi connectivity index (χ2v) is 8.21. The van der Waals surface area contributed by atoms with Crippen LogP contribution in [0.2, 0.25) is 0 Å². The summed E-state index contributed by atoms with van der Waals surface area (Å²) in [5.41, 5.74) is 1.87. The van der Waals surface area contributed by atoms with Gasteiger partial charge in [-0.05, 0) is 50.8 Å². The summed E-state index contributed by atoms with van der Waals surface area (Å²) in [6.45, 7) is 1.87. The van der Waals surface area contributed by atoms with Gasteiger partial charge >= 0.3 is 0 Å². The van der Waals surface area contributed by atoms with Crippen molar-refractivity contribution in [3.05, 3.63) is 35.4 Å². The van der Waals surface area contributed by atoms with Gasteiger partial charge < -0.3 is 15.4 Å². The van der Waals surface area contributed by atoms with E-state index in [2.05, 4.69) is 10.6 Å². The quantitative estimate of drug-likeness (QED) is 0.744. The molecule has 28 heavy (non-hydrogen) atoms. The fourth-order valence-corrected chi connectivity index (χ4v) is 4.11. The third-order valence-corrected chi connectivity index (χ3v) is 6.06. The van der Waals surface area contributed by atoms with Gasteiger partial charge in [0, 0.05) is 55.7 Å². The fraction of sp³-hybridized carbons (Fsp3) is 0.682. The van der Waals surface area contributed by atoms with E-state index in [9.17, 15) is 13.6 Å². The minimum Gasteiger partial charge on any atom is -0.381 e. The molecule has 4 rings (SSSR count). The van der Waals surface area contributed by atoms with Gasteiger partial charge in [0.05, 0.1) is 0 Å². The summed E-state index contributed by atoms with van der Waals surface area (Å²) in [7, 11) is 2.01. The Hall–Kier alpha value is -1.37. The first-order valence-electron chi connectivity index (χ1n) is 10.4. The van der Waals surface area contributed by atoms with Crippen LogP contribution in [0.15, 0.2) is 24.3 Å². The van der Waals surface area contributed by atoms with Crippen LogP contribution in [0.5, 0.6) is 0 Å². The Labute approximate surface area is 166 Å². The van der Waals surface area contributed by atoms with Crippen LogP contribution in [0.1, 0.15) is 66.8 Å². The number of hydrogen-bond donors (Lipinski definition) is 2. The zero-order valence-electron chi connectivity index (χ0n) is 16.6. The van der Waals surface area contributed by atoms with Crippen molar-refractivity contribution in [3.63, 3.8) is 0 Å². The van der Waals surface area contributed by atoms with E-state index in [1.807, 2.05) is 25.2 Å². The largest absolute Gasteiger partial charge is 0.381 e. The maximum absolute atomic E-state index is 13.1. The van der Waals surface area contributed by atoms with Crippen molar-refractivity contribution >= 4 is 6.29 Å². The predicted molar refractivity (Wildman–Crippen MR) is 106 cm³/mol. The molecular formula is C22H32F2N2O2. The number of hydrogen-bond acceptors (Lipinski definition) is 4. The van der Waals surface area contributed by atoms with Crippen molar-refractivity contribution in [1.82, 2.24) is 10.6 Å². The second kappa shape index (κ2) is 9.90. The maximum Gasteiger partial charge on any atom is 0.248 e. The van der Waals surface area contributed by atoms with Crippen LogP contribution < -0.4 is 10.6 Å². The summed E-state index contributed by atoms with van der Waals surface area (Å²) >= 11 is 0. The fourth-order valence-electron chi connectivity index (χ4n) is 4.11. The van der Waals surface area contributed by atoms with E-state index in [1.54, 1.807) is 6.07 Å². The Morgan fingerprint density at radius 2 is 1.82 bits per heavy atom. The predicted octanol–water partition coefficient (Wildman–Crippen LogP) is 3.91. The number of alkyl halides is 2. The Morgan fingerprint density at radius 1 is 1.11 bits per heavy atom. The van der Waals surface area contributed by atoms with Gasteiger partial charge in [-0.25, -0.2) is 8.78 Å². The monoisotopic (exact) mass is 394 g/mol. The highest BCUT2D eigenvalue weighted by Gasteiger charge is 2.42. The van der Waals surface area contributed by atoms with Crippen molar-refractivity contribution in [3.8, 4) is 0 Å². The van der Waals surface area contributed by atoms with Gasteiger partial charge in [-0.2, -0.15) is 0 Å². The molecule has 2 saturated carbocycles. The molecule has 2 unspecified atom stereocenters. The Balaban J connectivity index is 0.000000236. The molecule has 156 valence electrons. The van der Waals surface area contributed by atoms with Gasteiger partial charge in [-0.15, -0.1) is 0 Å². The summed E-state index contributed by atoms with van der Waals surface area (Å²) in [4.78, 5) is 10.8. The molecule has 1 aromatic carbocycles. The van der Waals surface area contributed by atoms with Gasteiger partial charge in [0.25, 0.3) is 0 Å². The van der Waals surface area contributed by atoms with E-state index >= 15 is 0 Å². The molecule has 3 aliphatic rings. The smallest absolute Gasteiger partial charge is 0.248 e. The number of carbonyl (C=O) groups is 1. The minimum atomic E-state index is -2.46. The number of benzene rings is 1. The lowest BCUT2D eigenvalue weighted by atomic mass is 9.92. The molecule has 3 fully saturated rings. The van der Waals surface area contributed by atoms with Gasteiger partial charge in [-0.1, -0.05) is 18.2 Å². The topological polar surface area (TPSA) is 50.4 Å². The first-order chi connectivity index (χ1) is 13.5. The third kappa shape index (κ3) is 6.33. The van der Waals surface area contributed by atoms with E-state index in [0.29, 0.717) is 36.4 Å². The highest BCUT2D eigenvalue weighted by atomic mass is 19.3. The maximum atomic E-state index is 13.1. The van der Waals surface area contributed by atoms with E-state index in [-0.39, 0.29) is 18.9 Å². The van der Waals surface area contributed by atoms with Crippen molar-refractivity contribution in [1.29, 1.82) is 0 Å². The Bertz CT molecular complexity index is 625. The molecule has 1 heterocycles. The first kappa shape index (κ1) is 21.3. The zero-order valence-corrected chi connectivity index (χ0v) is 16.6. The molecule has 0 bridgehead atoms. The number of nitrogens with one attached hydrogen (secondary N) is 2. The normalized spacial score (nSPS) is 27.5. The minimum absolute atomic E-state index is 0.00266. The van der Waals surface area contributed by atoms with Crippen LogP contribution in [-0.2, 0) is 4.74 Å². The summed E-state index contributed by atoms with van der Waals surface area (Å²) in [5, 5.41) is 6.72. The summed E-state index contributed by atoms with van der Waals surface area (Å²) in [6, 6.07) is 8.97. The van der Waals surface area contributed by atoms with Gasteiger partial charge in [-0.3, -0.25) is 4.79 Å². The molecule has 0 radical (unpaired) electrons. The lowest BCUT2D eigenvalue weighted by molar-refractivity contribution is -0.0405. The number of rotatable bonds is 5. The van der Waals surface area contributed by atoms with E-state index < -0.39 is 5.92 Å². The number of carbonyl (C=O) groups excluding carboxylic acids is 1. The van der Waals surface area contributed by atoms with Crippen molar-refractivity contribution in [2.75, 3.05) is 20.3 Å². The molecule has 1 saturated heterocycles. The molecule has 2 atom stereocenters. The average Bonchev–Trinajstić information content (AvgIpc) is 3.50. The lowest BCUT2D eigenvalue weighted by Gasteiger charge is -2.29. The van der Waals surface area contributed by atoms with Crippen LogP contribution in [0.3, 0.4) is 0 Å². The summed E-state index contributed by atoms with van der Waals surface area (Å²) in [5.74, 6) is -2.03. The highest BCUT2D eigenvalue weighted by molar-refractivity contribution is 5.75. The van der Waals surface area contributed by atoms with Crippen LogP contribution in [-0.4, -0.2) is 50.6 Å². The first-order valence-corrected chi connectivity index (χ1v) is 10.4. The highest BCUT2D eigenvalue weighted by Crippen LogP contribution is 2.42. The van der Waals surface area contributed by atoms with Crippen LogP contribution in [0.4, 0.5) is 8.78 Å². The van der Waals surface area contributed by atoms with E-state index in [1.165, 1.54) is 18.4 Å². The molecule has 0 amide bonds. The number of ether oxygens (including phenoxy) is 1. The summed E-state index contributed by atoms with van der Waals surface area (Å²) in [6.07, 6.45) is 5.38. The molecule has 2 aliphatic carbocycles. The van der Waals surface area contributed by atoms with Crippen molar-refractivity contribution in [2.24, 2.45) is 0 Å². The molecule has 1 aliphatic heterocycles. The van der Waals surface area contributed by atoms with Crippen LogP contribution >= 0.6 is 0 Å². The van der Waals surface area contributed by atoms with E-state index in [4.69, 9.17) is 4.74 Å². The number of halogens is 2. The molecule has 4 nitrogen and oxygen atoms in total. The van der Waals surface area contributed by atoms with E-state index in [0.717, 1.165) is 25.9 Å². The third-order valence-electron chi connectivity index (χ3n) is 6.06. The average molecular weight is 395 g/mol. The molecule has 2 N–H and O–H groups in total. The molecule has 0 spiro atoms. The number of aldehydes is 1.